The quantitative estimate of drug-likeness (QED) is 0.862. The summed E-state index contributed by atoms with van der Waals surface area (Å²) in [6.45, 7) is 7.52. The molecule has 1 saturated carbocycles. The zero-order chi connectivity index (χ0) is 14.5. The number of nitrogens with two attached hydrogens (primary N) is 1. The zero-order valence-electron chi connectivity index (χ0n) is 13.5. The molecule has 0 aromatic carbocycles. The van der Waals surface area contributed by atoms with Crippen LogP contribution in [0.3, 0.4) is 0 Å². The Morgan fingerprint density at radius 3 is 2.30 bits per heavy atom. The summed E-state index contributed by atoms with van der Waals surface area (Å²) >= 11 is 0. The highest BCUT2D eigenvalue weighted by atomic mass is 15.3. The molecule has 114 valence electrons. The van der Waals surface area contributed by atoms with Gasteiger partial charge in [0.1, 0.15) is 0 Å². The summed E-state index contributed by atoms with van der Waals surface area (Å²) in [7, 11) is 0. The Balaban J connectivity index is 2.23. The molecule has 2 rings (SSSR count). The molecule has 3 nitrogen and oxygen atoms in total. The first-order valence-electron chi connectivity index (χ1n) is 8.54. The van der Waals surface area contributed by atoms with Crippen molar-refractivity contribution in [2.75, 3.05) is 6.54 Å². The average Bonchev–Trinajstić information content (AvgIpc) is 2.85. The minimum atomic E-state index is 0.629. The Hall–Kier alpha value is -0.830. The second-order valence-corrected chi connectivity index (χ2v) is 6.15. The molecule has 1 aromatic rings. The third-order valence-corrected chi connectivity index (χ3v) is 5.01. The molecule has 1 aliphatic carbocycles. The molecule has 1 heterocycles. The van der Waals surface area contributed by atoms with Gasteiger partial charge in [0, 0.05) is 5.69 Å². The van der Waals surface area contributed by atoms with Gasteiger partial charge in [-0.1, -0.05) is 27.2 Å². The molecule has 2 N–H and O–H groups in total. The fourth-order valence-electron chi connectivity index (χ4n) is 3.75. The van der Waals surface area contributed by atoms with Gasteiger partial charge in [-0.2, -0.15) is 5.10 Å². The van der Waals surface area contributed by atoms with E-state index >= 15 is 0 Å². The van der Waals surface area contributed by atoms with Gasteiger partial charge in [0.05, 0.1) is 11.7 Å². The third-order valence-electron chi connectivity index (χ3n) is 5.01. The molecule has 0 atom stereocenters. The molecule has 0 amide bonds. The summed E-state index contributed by atoms with van der Waals surface area (Å²) in [5, 5.41) is 4.95. The van der Waals surface area contributed by atoms with Gasteiger partial charge in [-0.25, -0.2) is 0 Å². The minimum absolute atomic E-state index is 0.629. The molecule has 0 bridgehead atoms. The van der Waals surface area contributed by atoms with Crippen molar-refractivity contribution in [1.29, 1.82) is 0 Å². The van der Waals surface area contributed by atoms with Crippen LogP contribution in [0.2, 0.25) is 0 Å². The molecule has 0 radical (unpaired) electrons. The molecular weight excluding hydrogens is 246 g/mol. The number of aromatic nitrogens is 2. The Morgan fingerprint density at radius 1 is 1.10 bits per heavy atom. The van der Waals surface area contributed by atoms with Crippen molar-refractivity contribution in [2.45, 2.75) is 78.2 Å². The standard InChI is InChI=1S/C17H31N3/c1-4-13-7-9-14(10-8-13)20-17(6-3)15(11-12-18)16(5-2)19-20/h13-14H,4-12,18H2,1-3H3. The van der Waals surface area contributed by atoms with Gasteiger partial charge in [-0.3, -0.25) is 4.68 Å². The van der Waals surface area contributed by atoms with E-state index in [0.717, 1.165) is 31.7 Å². The summed E-state index contributed by atoms with van der Waals surface area (Å²) in [6, 6.07) is 0.629. The summed E-state index contributed by atoms with van der Waals surface area (Å²) in [5.41, 5.74) is 9.97. The van der Waals surface area contributed by atoms with Crippen molar-refractivity contribution in [3.8, 4) is 0 Å². The zero-order valence-corrected chi connectivity index (χ0v) is 13.5. The van der Waals surface area contributed by atoms with E-state index in [4.69, 9.17) is 10.8 Å². The average molecular weight is 277 g/mol. The SMILES string of the molecule is CCc1nn(C2CCC(CC)CC2)c(CC)c1CCN. The lowest BCUT2D eigenvalue weighted by Crippen LogP contribution is -2.20. The van der Waals surface area contributed by atoms with Crippen LogP contribution < -0.4 is 5.73 Å². The normalized spacial score (nSPS) is 23.2. The second kappa shape index (κ2) is 7.26. The largest absolute Gasteiger partial charge is 0.330 e. The molecule has 0 spiro atoms. The van der Waals surface area contributed by atoms with Crippen molar-refractivity contribution in [1.82, 2.24) is 9.78 Å². The van der Waals surface area contributed by atoms with E-state index in [9.17, 15) is 0 Å². The van der Waals surface area contributed by atoms with E-state index < -0.39 is 0 Å². The van der Waals surface area contributed by atoms with Crippen LogP contribution in [-0.4, -0.2) is 16.3 Å². The molecular formula is C17H31N3. The summed E-state index contributed by atoms with van der Waals surface area (Å²) in [6.07, 6.45) is 9.78. The van der Waals surface area contributed by atoms with E-state index in [-0.39, 0.29) is 0 Å². The Labute approximate surface area is 123 Å². The maximum atomic E-state index is 5.79. The highest BCUT2D eigenvalue weighted by Crippen LogP contribution is 2.35. The lowest BCUT2D eigenvalue weighted by molar-refractivity contribution is 0.252. The summed E-state index contributed by atoms with van der Waals surface area (Å²) in [5.74, 6) is 0.945. The Morgan fingerprint density at radius 2 is 1.80 bits per heavy atom. The van der Waals surface area contributed by atoms with Crippen LogP contribution >= 0.6 is 0 Å². The lowest BCUT2D eigenvalue weighted by atomic mass is 9.84. The third kappa shape index (κ3) is 3.08. The van der Waals surface area contributed by atoms with Gasteiger partial charge in [0.2, 0.25) is 0 Å². The topological polar surface area (TPSA) is 43.8 Å². The molecule has 1 fully saturated rings. The van der Waals surface area contributed by atoms with Crippen LogP contribution in [0, 0.1) is 5.92 Å². The van der Waals surface area contributed by atoms with Crippen molar-refractivity contribution in [2.24, 2.45) is 11.7 Å². The van der Waals surface area contributed by atoms with Gasteiger partial charge in [0.15, 0.2) is 0 Å². The van der Waals surface area contributed by atoms with Crippen LogP contribution in [0.5, 0.6) is 0 Å². The summed E-state index contributed by atoms with van der Waals surface area (Å²) in [4.78, 5) is 0. The number of aryl methyl sites for hydroxylation is 1. The molecule has 1 aliphatic rings. The fourth-order valence-corrected chi connectivity index (χ4v) is 3.75. The van der Waals surface area contributed by atoms with Crippen LogP contribution in [0.25, 0.3) is 0 Å². The van der Waals surface area contributed by atoms with Gasteiger partial charge in [-0.15, -0.1) is 0 Å². The van der Waals surface area contributed by atoms with E-state index in [1.807, 2.05) is 0 Å². The first-order chi connectivity index (χ1) is 9.74. The van der Waals surface area contributed by atoms with E-state index in [1.165, 1.54) is 49.1 Å². The first-order valence-corrected chi connectivity index (χ1v) is 8.54. The van der Waals surface area contributed by atoms with Crippen molar-refractivity contribution >= 4 is 0 Å². The predicted molar refractivity (Wildman–Crippen MR) is 85.0 cm³/mol. The summed E-state index contributed by atoms with van der Waals surface area (Å²) < 4.78 is 2.37. The first kappa shape index (κ1) is 15.6. The van der Waals surface area contributed by atoms with Gasteiger partial charge >= 0.3 is 0 Å². The van der Waals surface area contributed by atoms with Crippen LogP contribution in [-0.2, 0) is 19.3 Å². The Kier molecular flexibility index (Phi) is 5.64. The predicted octanol–water partition coefficient (Wildman–Crippen LogP) is 3.65. The van der Waals surface area contributed by atoms with Gasteiger partial charge in [0.25, 0.3) is 0 Å². The Bertz CT molecular complexity index is 414. The second-order valence-electron chi connectivity index (χ2n) is 6.15. The van der Waals surface area contributed by atoms with Crippen LogP contribution in [0.15, 0.2) is 0 Å². The monoisotopic (exact) mass is 277 g/mol. The van der Waals surface area contributed by atoms with Gasteiger partial charge in [-0.05, 0) is 63.0 Å². The van der Waals surface area contributed by atoms with Crippen LogP contribution in [0.4, 0.5) is 0 Å². The molecule has 0 unspecified atom stereocenters. The maximum absolute atomic E-state index is 5.79. The van der Waals surface area contributed by atoms with Crippen LogP contribution in [0.1, 0.15) is 75.9 Å². The van der Waals surface area contributed by atoms with Crippen molar-refractivity contribution in [3.05, 3.63) is 17.0 Å². The number of nitrogens with zero attached hydrogens (tertiary/aromatic N) is 2. The maximum Gasteiger partial charge on any atom is 0.0657 e. The smallest absolute Gasteiger partial charge is 0.0657 e. The highest BCUT2D eigenvalue weighted by Gasteiger charge is 2.25. The molecule has 0 saturated heterocycles. The molecule has 0 aliphatic heterocycles. The van der Waals surface area contributed by atoms with E-state index in [2.05, 4.69) is 25.5 Å². The van der Waals surface area contributed by atoms with Crippen molar-refractivity contribution in [3.63, 3.8) is 0 Å². The molecule has 3 heteroatoms. The van der Waals surface area contributed by atoms with Crippen molar-refractivity contribution < 1.29 is 0 Å². The van der Waals surface area contributed by atoms with E-state index in [1.54, 1.807) is 0 Å². The minimum Gasteiger partial charge on any atom is -0.330 e. The van der Waals surface area contributed by atoms with Gasteiger partial charge < -0.3 is 5.73 Å². The number of rotatable bonds is 6. The number of hydrogen-bond acceptors (Lipinski definition) is 2. The molecule has 20 heavy (non-hydrogen) atoms. The number of hydrogen-bond donors (Lipinski definition) is 1. The fraction of sp³-hybridized carbons (Fsp3) is 0.824. The van der Waals surface area contributed by atoms with E-state index in [0.29, 0.717) is 6.04 Å². The molecule has 1 aromatic heterocycles. The highest BCUT2D eigenvalue weighted by molar-refractivity contribution is 5.27. The lowest BCUT2D eigenvalue weighted by Gasteiger charge is -2.29.